The third-order valence-corrected chi connectivity index (χ3v) is 7.17. The second-order valence-corrected chi connectivity index (χ2v) is 9.85. The zero-order chi connectivity index (χ0) is 24.9. The van der Waals surface area contributed by atoms with Crippen LogP contribution in [0.15, 0.2) is 102 Å². The van der Waals surface area contributed by atoms with Crippen LogP contribution < -0.4 is 5.32 Å². The van der Waals surface area contributed by atoms with Crippen molar-refractivity contribution in [1.82, 2.24) is 19.9 Å². The highest BCUT2D eigenvalue weighted by Gasteiger charge is 2.15. The summed E-state index contributed by atoms with van der Waals surface area (Å²) in [7, 11) is 0. The maximum Gasteiger partial charge on any atom is 0.251 e. The molecule has 0 fully saturated rings. The fourth-order valence-corrected chi connectivity index (χ4v) is 5.13. The number of hydrogen-bond acceptors (Lipinski definition) is 4. The molecule has 36 heavy (non-hydrogen) atoms. The number of thioether (sulfide) groups is 1. The molecule has 0 spiro atoms. The first kappa shape index (κ1) is 23.8. The lowest BCUT2D eigenvalue weighted by atomic mass is 10.1. The van der Waals surface area contributed by atoms with E-state index in [-0.39, 0.29) is 11.9 Å². The van der Waals surface area contributed by atoms with Gasteiger partial charge in [-0.05, 0) is 54.8 Å². The van der Waals surface area contributed by atoms with Crippen molar-refractivity contribution in [3.8, 4) is 0 Å². The minimum absolute atomic E-state index is 0.0604. The van der Waals surface area contributed by atoms with Gasteiger partial charge in [0.15, 0.2) is 10.8 Å². The molecule has 1 atom stereocenters. The number of pyridine rings is 1. The molecule has 0 aliphatic carbocycles. The molecule has 6 heteroatoms. The van der Waals surface area contributed by atoms with Crippen LogP contribution in [0.25, 0.3) is 11.2 Å². The summed E-state index contributed by atoms with van der Waals surface area (Å²) in [5, 5.41) is 4.01. The second kappa shape index (κ2) is 10.8. The van der Waals surface area contributed by atoms with Crippen molar-refractivity contribution < 1.29 is 4.79 Å². The number of rotatable bonds is 8. The summed E-state index contributed by atoms with van der Waals surface area (Å²) in [6, 6.07) is 30.2. The number of nitrogens with zero attached hydrogens (tertiary/aromatic N) is 3. The van der Waals surface area contributed by atoms with Crippen LogP contribution in [0.3, 0.4) is 0 Å². The lowest BCUT2D eigenvalue weighted by molar-refractivity contribution is 0.0940. The van der Waals surface area contributed by atoms with Crippen LogP contribution in [0.1, 0.15) is 45.6 Å². The first-order valence-electron chi connectivity index (χ1n) is 12.0. The Bertz CT molecular complexity index is 1480. The van der Waals surface area contributed by atoms with Gasteiger partial charge >= 0.3 is 0 Å². The van der Waals surface area contributed by atoms with E-state index in [1.54, 1.807) is 18.0 Å². The fourth-order valence-electron chi connectivity index (χ4n) is 4.19. The van der Waals surface area contributed by atoms with Crippen LogP contribution in [0.2, 0.25) is 0 Å². The number of imidazole rings is 1. The predicted molar refractivity (Wildman–Crippen MR) is 146 cm³/mol. The van der Waals surface area contributed by atoms with Crippen LogP contribution in [-0.4, -0.2) is 20.4 Å². The number of amides is 1. The molecule has 1 N–H and O–H groups in total. The number of fused-ring (bicyclic) bond motifs is 1. The number of carbonyl (C=O) groups is 1. The van der Waals surface area contributed by atoms with Crippen molar-refractivity contribution in [3.63, 3.8) is 0 Å². The highest BCUT2D eigenvalue weighted by molar-refractivity contribution is 7.98. The van der Waals surface area contributed by atoms with E-state index in [2.05, 4.69) is 46.1 Å². The molecule has 1 unspecified atom stereocenters. The van der Waals surface area contributed by atoms with Gasteiger partial charge in [-0.3, -0.25) is 9.36 Å². The lowest BCUT2D eigenvalue weighted by Gasteiger charge is -2.14. The van der Waals surface area contributed by atoms with E-state index < -0.39 is 0 Å². The van der Waals surface area contributed by atoms with Gasteiger partial charge in [-0.2, -0.15) is 0 Å². The fraction of sp³-hybridized carbons (Fsp3) is 0.167. The highest BCUT2D eigenvalue weighted by atomic mass is 32.2. The van der Waals surface area contributed by atoms with Gasteiger partial charge < -0.3 is 5.32 Å². The standard InChI is InChI=1S/C30H28N4OS/c1-21-8-6-9-24(18-21)20-36-30-33-27-12-7-17-31-28(27)34(30)19-23-13-15-26(16-14-23)29(35)32-22(2)25-10-4-3-5-11-25/h3-18,22H,19-20H2,1-2H3,(H,32,35). The summed E-state index contributed by atoms with van der Waals surface area (Å²) in [5.74, 6) is 0.756. The summed E-state index contributed by atoms with van der Waals surface area (Å²) in [5.41, 5.74) is 7.09. The topological polar surface area (TPSA) is 59.8 Å². The van der Waals surface area contributed by atoms with Gasteiger partial charge in [0, 0.05) is 17.5 Å². The van der Waals surface area contributed by atoms with Gasteiger partial charge in [0.25, 0.3) is 5.91 Å². The number of aryl methyl sites for hydroxylation is 1. The largest absolute Gasteiger partial charge is 0.346 e. The number of hydrogen-bond donors (Lipinski definition) is 1. The van der Waals surface area contributed by atoms with Gasteiger partial charge in [-0.1, -0.05) is 84.1 Å². The molecular formula is C30H28N4OS. The van der Waals surface area contributed by atoms with Gasteiger partial charge in [0.05, 0.1) is 12.6 Å². The molecule has 0 saturated heterocycles. The number of benzene rings is 3. The number of carbonyl (C=O) groups excluding carboxylic acids is 1. The molecule has 0 aliphatic rings. The molecule has 0 radical (unpaired) electrons. The van der Waals surface area contributed by atoms with E-state index in [0.717, 1.165) is 33.2 Å². The number of nitrogens with one attached hydrogen (secondary N) is 1. The molecule has 2 heterocycles. The Morgan fingerprint density at radius 2 is 1.75 bits per heavy atom. The third kappa shape index (κ3) is 5.50. The predicted octanol–water partition coefficient (Wildman–Crippen LogP) is 6.57. The summed E-state index contributed by atoms with van der Waals surface area (Å²) < 4.78 is 2.16. The molecule has 3 aromatic carbocycles. The van der Waals surface area contributed by atoms with Crippen LogP contribution in [0, 0.1) is 6.92 Å². The lowest BCUT2D eigenvalue weighted by Crippen LogP contribution is -2.26. The first-order chi connectivity index (χ1) is 17.6. The molecule has 2 aromatic heterocycles. The SMILES string of the molecule is Cc1cccc(CSc2nc3cccnc3n2Cc2ccc(C(=O)NC(C)c3ccccc3)cc2)c1. The molecule has 180 valence electrons. The Labute approximate surface area is 215 Å². The van der Waals surface area contributed by atoms with Crippen molar-refractivity contribution in [1.29, 1.82) is 0 Å². The zero-order valence-corrected chi connectivity index (χ0v) is 21.2. The van der Waals surface area contributed by atoms with E-state index in [4.69, 9.17) is 4.98 Å². The van der Waals surface area contributed by atoms with Gasteiger partial charge in [0.1, 0.15) is 5.52 Å². The van der Waals surface area contributed by atoms with Gasteiger partial charge in [0.2, 0.25) is 0 Å². The summed E-state index contributed by atoms with van der Waals surface area (Å²) in [6.07, 6.45) is 1.80. The zero-order valence-electron chi connectivity index (χ0n) is 20.4. The number of aromatic nitrogens is 3. The average molecular weight is 493 g/mol. The molecular weight excluding hydrogens is 464 g/mol. The van der Waals surface area contributed by atoms with E-state index in [1.807, 2.05) is 73.7 Å². The smallest absolute Gasteiger partial charge is 0.251 e. The van der Waals surface area contributed by atoms with E-state index in [1.165, 1.54) is 11.1 Å². The maximum atomic E-state index is 12.8. The Morgan fingerprint density at radius 3 is 2.53 bits per heavy atom. The van der Waals surface area contributed by atoms with Crippen molar-refractivity contribution in [2.24, 2.45) is 0 Å². The quantitative estimate of drug-likeness (QED) is 0.249. The summed E-state index contributed by atoms with van der Waals surface area (Å²) >= 11 is 1.71. The van der Waals surface area contributed by atoms with Crippen molar-refractivity contribution in [2.75, 3.05) is 0 Å². The second-order valence-electron chi connectivity index (χ2n) is 8.91. The highest BCUT2D eigenvalue weighted by Crippen LogP contribution is 2.27. The molecule has 0 bridgehead atoms. The summed E-state index contributed by atoms with van der Waals surface area (Å²) in [6.45, 7) is 4.74. The molecule has 0 aliphatic heterocycles. The maximum absolute atomic E-state index is 12.8. The van der Waals surface area contributed by atoms with E-state index in [9.17, 15) is 4.79 Å². The normalized spacial score (nSPS) is 11.9. The Kier molecular flexibility index (Phi) is 7.14. The first-order valence-corrected chi connectivity index (χ1v) is 13.0. The van der Waals surface area contributed by atoms with Crippen molar-refractivity contribution in [3.05, 3.63) is 125 Å². The molecule has 5 aromatic rings. The van der Waals surface area contributed by atoms with E-state index >= 15 is 0 Å². The van der Waals surface area contributed by atoms with Crippen LogP contribution in [0.4, 0.5) is 0 Å². The molecule has 5 rings (SSSR count). The Balaban J connectivity index is 1.32. The molecule has 5 nitrogen and oxygen atoms in total. The average Bonchev–Trinajstić information content (AvgIpc) is 3.25. The Morgan fingerprint density at radius 1 is 0.944 bits per heavy atom. The summed E-state index contributed by atoms with van der Waals surface area (Å²) in [4.78, 5) is 22.2. The minimum Gasteiger partial charge on any atom is -0.346 e. The van der Waals surface area contributed by atoms with Crippen LogP contribution in [0.5, 0.6) is 0 Å². The van der Waals surface area contributed by atoms with Gasteiger partial charge in [-0.15, -0.1) is 0 Å². The molecule has 1 amide bonds. The third-order valence-electron chi connectivity index (χ3n) is 6.12. The van der Waals surface area contributed by atoms with Crippen LogP contribution in [-0.2, 0) is 12.3 Å². The van der Waals surface area contributed by atoms with Gasteiger partial charge in [-0.25, -0.2) is 9.97 Å². The van der Waals surface area contributed by atoms with Crippen molar-refractivity contribution >= 4 is 28.8 Å². The molecule has 0 saturated carbocycles. The van der Waals surface area contributed by atoms with Crippen molar-refractivity contribution in [2.45, 2.75) is 37.3 Å². The monoisotopic (exact) mass is 492 g/mol. The van der Waals surface area contributed by atoms with E-state index in [0.29, 0.717) is 12.1 Å². The minimum atomic E-state index is -0.0814. The Hall–Kier alpha value is -3.90. The van der Waals surface area contributed by atoms with Crippen LogP contribution >= 0.6 is 11.8 Å².